The smallest absolute Gasteiger partial charge is 0.430 e. The van der Waals surface area contributed by atoms with E-state index in [1.54, 1.807) is 29.5 Å². The molecule has 3 unspecified atom stereocenters. The number of carbonyl (C=O) groups excluding carboxylic acids is 1. The van der Waals surface area contributed by atoms with E-state index in [1.807, 2.05) is 0 Å². The van der Waals surface area contributed by atoms with E-state index in [2.05, 4.69) is 4.74 Å². The summed E-state index contributed by atoms with van der Waals surface area (Å²) in [7, 11) is 0. The van der Waals surface area contributed by atoms with Crippen molar-refractivity contribution >= 4 is 28.6 Å². The van der Waals surface area contributed by atoms with Crippen molar-refractivity contribution in [3.05, 3.63) is 0 Å². The van der Waals surface area contributed by atoms with Crippen molar-refractivity contribution in [1.82, 2.24) is 0 Å². The molecule has 0 aromatic rings. The summed E-state index contributed by atoms with van der Waals surface area (Å²) in [6, 6.07) is 0. The molecular weight excluding hydrogens is 421 g/mol. The lowest BCUT2D eigenvalue weighted by molar-refractivity contribution is -0.391. The minimum Gasteiger partial charge on any atom is -0.458 e. The van der Waals surface area contributed by atoms with Gasteiger partial charge in [-0.05, 0) is 6.42 Å². The van der Waals surface area contributed by atoms with Gasteiger partial charge in [0.05, 0.1) is 5.92 Å². The molecule has 0 aliphatic carbocycles. The van der Waals surface area contributed by atoms with Crippen molar-refractivity contribution in [3.63, 3.8) is 0 Å². The topological polar surface area (TPSA) is 46.5 Å². The van der Waals surface area contributed by atoms with E-state index < -0.39 is 42.4 Å². The number of rotatable bonds is 5. The first-order chi connectivity index (χ1) is 9.20. The number of hydrogen-bond acceptors (Lipinski definition) is 3. The summed E-state index contributed by atoms with van der Waals surface area (Å²) in [6.45, 7) is 3.82. The number of aliphatic hydroxyl groups is 1. The third-order valence-electron chi connectivity index (χ3n) is 3.02. The van der Waals surface area contributed by atoms with Crippen molar-refractivity contribution < 1.29 is 41.0 Å². The number of carbonyl (C=O) groups is 1. The Morgan fingerprint density at radius 3 is 1.76 bits per heavy atom. The first-order valence-corrected chi connectivity index (χ1v) is 7.15. The van der Waals surface area contributed by atoms with Gasteiger partial charge in [-0.25, -0.2) is 0 Å². The van der Waals surface area contributed by atoms with Gasteiger partial charge in [-0.2, -0.15) is 26.3 Å². The van der Waals surface area contributed by atoms with Gasteiger partial charge in [-0.15, -0.1) is 0 Å². The first-order valence-electron chi connectivity index (χ1n) is 5.90. The molecule has 0 heterocycles. The Balaban J connectivity index is 5.53. The van der Waals surface area contributed by atoms with Crippen LogP contribution in [0.15, 0.2) is 0 Å². The summed E-state index contributed by atoms with van der Waals surface area (Å²) in [5.41, 5.74) is -5.10. The van der Waals surface area contributed by atoms with Crippen molar-refractivity contribution in [2.75, 3.05) is 0 Å². The maximum Gasteiger partial charge on any atom is 0.430 e. The second kappa shape index (κ2) is 6.88. The van der Waals surface area contributed by atoms with E-state index in [9.17, 15) is 36.2 Å². The molecule has 0 saturated heterocycles. The van der Waals surface area contributed by atoms with Gasteiger partial charge in [-0.1, -0.05) is 43.4 Å². The van der Waals surface area contributed by atoms with Crippen LogP contribution in [-0.2, 0) is 9.53 Å². The van der Waals surface area contributed by atoms with E-state index in [4.69, 9.17) is 0 Å². The second-order valence-electron chi connectivity index (χ2n) is 4.56. The molecule has 0 bridgehead atoms. The molecule has 0 saturated carbocycles. The number of hydrogen-bond donors (Lipinski definition) is 1. The quantitative estimate of drug-likeness (QED) is 0.310. The second-order valence-corrected chi connectivity index (χ2v) is 6.53. The van der Waals surface area contributed by atoms with Crippen molar-refractivity contribution in [2.45, 2.75) is 55.2 Å². The molecule has 126 valence electrons. The van der Waals surface area contributed by atoms with Gasteiger partial charge in [0, 0.05) is 3.92 Å². The van der Waals surface area contributed by atoms with Gasteiger partial charge in [0.15, 0.2) is 0 Å². The van der Waals surface area contributed by atoms with Gasteiger partial charge in [0.25, 0.3) is 5.60 Å². The molecule has 0 aliphatic rings. The predicted molar refractivity (Wildman–Crippen MR) is 69.9 cm³/mol. The van der Waals surface area contributed by atoms with Crippen LogP contribution in [0.3, 0.4) is 0 Å². The van der Waals surface area contributed by atoms with E-state index in [0.717, 1.165) is 6.92 Å². The third-order valence-corrected chi connectivity index (χ3v) is 4.10. The summed E-state index contributed by atoms with van der Waals surface area (Å²) in [5, 5.41) is 9.18. The van der Waals surface area contributed by atoms with Crippen LogP contribution >= 0.6 is 22.6 Å². The zero-order chi connectivity index (χ0) is 17.2. The highest BCUT2D eigenvalue weighted by molar-refractivity contribution is 14.1. The van der Waals surface area contributed by atoms with Crippen molar-refractivity contribution in [3.8, 4) is 0 Å². The molecule has 10 heteroatoms. The van der Waals surface area contributed by atoms with Crippen molar-refractivity contribution in [2.24, 2.45) is 5.92 Å². The average Bonchev–Trinajstić information content (AvgIpc) is 2.30. The zero-order valence-electron chi connectivity index (χ0n) is 11.3. The number of esters is 1. The van der Waals surface area contributed by atoms with E-state index in [1.165, 1.54) is 6.92 Å². The van der Waals surface area contributed by atoms with Crippen LogP contribution in [0.4, 0.5) is 26.3 Å². The van der Waals surface area contributed by atoms with Gasteiger partial charge in [-0.3, -0.25) is 4.79 Å². The molecule has 21 heavy (non-hydrogen) atoms. The fraction of sp³-hybridized carbons (Fsp3) is 0.909. The zero-order valence-corrected chi connectivity index (χ0v) is 13.5. The van der Waals surface area contributed by atoms with Crippen LogP contribution in [-0.4, -0.2) is 39.1 Å². The highest BCUT2D eigenvalue weighted by Gasteiger charge is 2.75. The minimum absolute atomic E-state index is 0.363. The van der Waals surface area contributed by atoms with Crippen molar-refractivity contribution in [1.29, 1.82) is 0 Å². The van der Waals surface area contributed by atoms with Gasteiger partial charge < -0.3 is 9.84 Å². The third kappa shape index (κ3) is 4.36. The maximum absolute atomic E-state index is 12.7. The average molecular weight is 436 g/mol. The van der Waals surface area contributed by atoms with Crippen LogP contribution in [0.1, 0.15) is 27.2 Å². The molecule has 0 fully saturated rings. The molecule has 3 atom stereocenters. The fourth-order valence-electron chi connectivity index (χ4n) is 1.42. The lowest BCUT2D eigenvalue weighted by Gasteiger charge is -2.38. The van der Waals surface area contributed by atoms with Crippen LogP contribution < -0.4 is 0 Å². The Kier molecular flexibility index (Phi) is 6.80. The summed E-state index contributed by atoms with van der Waals surface area (Å²) >= 11 is 1.79. The van der Waals surface area contributed by atoms with E-state index in [-0.39, 0.29) is 3.92 Å². The molecule has 0 amide bonds. The molecule has 1 N–H and O–H groups in total. The highest BCUT2D eigenvalue weighted by atomic mass is 127. The Morgan fingerprint density at radius 2 is 1.52 bits per heavy atom. The molecule has 0 aromatic heterocycles. The van der Waals surface area contributed by atoms with Gasteiger partial charge in [0.1, 0.15) is 6.10 Å². The van der Waals surface area contributed by atoms with Crippen LogP contribution in [0.25, 0.3) is 0 Å². The Hall–Kier alpha value is -0.260. The Morgan fingerprint density at radius 1 is 1.14 bits per heavy atom. The van der Waals surface area contributed by atoms with Crippen LogP contribution in [0.2, 0.25) is 0 Å². The fourth-order valence-corrected chi connectivity index (χ4v) is 1.72. The molecule has 0 rings (SSSR count). The van der Waals surface area contributed by atoms with Gasteiger partial charge in [0.2, 0.25) is 0 Å². The van der Waals surface area contributed by atoms with E-state index >= 15 is 0 Å². The lowest BCUT2D eigenvalue weighted by atomic mass is 9.92. The molecule has 3 nitrogen and oxygen atoms in total. The Bertz CT molecular complexity index is 352. The molecule has 0 radical (unpaired) electrons. The summed E-state index contributed by atoms with van der Waals surface area (Å²) < 4.78 is 80.1. The minimum atomic E-state index is -6.02. The number of alkyl halides is 7. The largest absolute Gasteiger partial charge is 0.458 e. The first kappa shape index (κ1) is 20.7. The number of halogens is 7. The van der Waals surface area contributed by atoms with Crippen LogP contribution in [0, 0.1) is 5.92 Å². The SMILES string of the molecule is CCC(OC(=O)C(C)C(C)I)C(O)(C(F)(F)F)C(F)(F)F. The Labute approximate surface area is 131 Å². The summed E-state index contributed by atoms with van der Waals surface area (Å²) in [4.78, 5) is 11.6. The number of ether oxygens (including phenoxy) is 1. The van der Waals surface area contributed by atoms with E-state index in [0.29, 0.717) is 0 Å². The normalized spacial score (nSPS) is 18.0. The molecule has 0 spiro atoms. The highest BCUT2D eigenvalue weighted by Crippen LogP contribution is 2.47. The molecular formula is C11H15F6IO3. The molecule has 0 aliphatic heterocycles. The predicted octanol–water partition coefficient (Wildman–Crippen LogP) is 3.62. The van der Waals surface area contributed by atoms with Crippen LogP contribution in [0.5, 0.6) is 0 Å². The summed E-state index contributed by atoms with van der Waals surface area (Å²) in [6.07, 6.45) is -15.6. The standard InChI is InChI=1S/C11H15F6IO3/c1-4-7(21-8(19)5(2)6(3)18)9(20,10(12,13)14)11(15,16)17/h5-7,20H,4H2,1-3H3. The van der Waals surface area contributed by atoms with Gasteiger partial charge >= 0.3 is 18.3 Å². The lowest BCUT2D eigenvalue weighted by Crippen LogP contribution is -2.65. The summed E-state index contributed by atoms with van der Waals surface area (Å²) in [5.74, 6) is -2.14. The maximum atomic E-state index is 12.7. The monoisotopic (exact) mass is 436 g/mol. The molecule has 0 aromatic carbocycles.